The summed E-state index contributed by atoms with van der Waals surface area (Å²) in [5, 5.41) is 3.62. The first-order valence-corrected chi connectivity index (χ1v) is 3.76. The van der Waals surface area contributed by atoms with E-state index >= 15 is 0 Å². The number of nitrogens with zero attached hydrogens (tertiary/aromatic N) is 1. The average Bonchev–Trinajstić information content (AvgIpc) is 2.45. The molecule has 3 atom stereocenters. The van der Waals surface area contributed by atoms with E-state index in [9.17, 15) is 0 Å². The molecular formula is C7H12N2. The summed E-state index contributed by atoms with van der Waals surface area (Å²) in [6, 6.07) is 0.420. The second-order valence-corrected chi connectivity index (χ2v) is 3.37. The third kappa shape index (κ3) is 0.689. The molecule has 2 nitrogen and oxygen atoms in total. The quantitative estimate of drug-likeness (QED) is 0.520. The van der Waals surface area contributed by atoms with Gasteiger partial charge in [0.25, 0.3) is 0 Å². The number of fused-ring (bicyclic) bond motifs is 2. The predicted octanol–water partition coefficient (Wildman–Crippen LogP) is 2.21. The molecule has 1 N–H and O–H groups in total. The first-order chi connectivity index (χ1) is 4.40. The van der Waals surface area contributed by atoms with Gasteiger partial charge in [-0.1, -0.05) is 6.42 Å². The van der Waals surface area contributed by atoms with Crippen LogP contribution in [0.2, 0.25) is 0 Å². The van der Waals surface area contributed by atoms with Crippen molar-refractivity contribution >= 4 is 0 Å². The number of hydrogen-bond acceptors (Lipinski definition) is 2. The fourth-order valence-electron chi connectivity index (χ4n) is 2.37. The molecule has 2 fully saturated rings. The molecule has 2 rings (SSSR count). The molecule has 2 saturated carbocycles. The van der Waals surface area contributed by atoms with Crippen molar-refractivity contribution in [2.45, 2.75) is 31.7 Å². The lowest BCUT2D eigenvalue weighted by Crippen LogP contribution is -2.12. The second-order valence-electron chi connectivity index (χ2n) is 3.37. The van der Waals surface area contributed by atoms with Gasteiger partial charge in [0.1, 0.15) is 0 Å². The average molecular weight is 124 g/mol. The number of nitrogens with one attached hydrogen (secondary N) is 1. The van der Waals surface area contributed by atoms with E-state index in [1.807, 2.05) is 0 Å². The maximum atomic E-state index is 6.88. The summed E-state index contributed by atoms with van der Waals surface area (Å²) >= 11 is 0. The largest absolute Gasteiger partial charge is 0.210 e. The Morgan fingerprint density at radius 3 is 2.44 bits per heavy atom. The van der Waals surface area contributed by atoms with E-state index in [1.165, 1.54) is 25.7 Å². The van der Waals surface area contributed by atoms with Gasteiger partial charge >= 0.3 is 0 Å². The van der Waals surface area contributed by atoms with Gasteiger partial charge in [-0.15, -0.1) is 0 Å². The van der Waals surface area contributed by atoms with Gasteiger partial charge in [0.15, 0.2) is 0 Å². The van der Waals surface area contributed by atoms with E-state index in [-0.39, 0.29) is 0 Å². The zero-order valence-electron chi connectivity index (χ0n) is 5.51. The monoisotopic (exact) mass is 124 g/mol. The van der Waals surface area contributed by atoms with Crippen LogP contribution in [0.5, 0.6) is 0 Å². The van der Waals surface area contributed by atoms with E-state index in [1.54, 1.807) is 0 Å². The Kier molecular flexibility index (Phi) is 1.07. The Hall–Kier alpha value is -0.400. The lowest BCUT2D eigenvalue weighted by Gasteiger charge is -2.14. The molecule has 0 aromatic heterocycles. The predicted molar refractivity (Wildman–Crippen MR) is 34.4 cm³/mol. The van der Waals surface area contributed by atoms with Gasteiger partial charge in [-0.05, 0) is 31.1 Å². The molecule has 2 bridgehead atoms. The Morgan fingerprint density at radius 1 is 1.22 bits per heavy atom. The highest BCUT2D eigenvalue weighted by Gasteiger charge is 2.39. The zero-order chi connectivity index (χ0) is 6.27. The third-order valence-corrected chi connectivity index (χ3v) is 2.87. The van der Waals surface area contributed by atoms with Crippen LogP contribution < -0.4 is 0 Å². The van der Waals surface area contributed by atoms with E-state index < -0.39 is 0 Å². The Morgan fingerprint density at radius 2 is 2.11 bits per heavy atom. The second kappa shape index (κ2) is 1.79. The summed E-state index contributed by atoms with van der Waals surface area (Å²) in [6.07, 6.45) is 5.34. The molecule has 0 aliphatic heterocycles. The zero-order valence-corrected chi connectivity index (χ0v) is 5.51. The van der Waals surface area contributed by atoms with Gasteiger partial charge in [0.2, 0.25) is 0 Å². The van der Waals surface area contributed by atoms with Crippen LogP contribution in [0.3, 0.4) is 0 Å². The summed E-state index contributed by atoms with van der Waals surface area (Å²) in [4.78, 5) is 0. The van der Waals surface area contributed by atoms with Crippen molar-refractivity contribution in [1.82, 2.24) is 0 Å². The highest BCUT2D eigenvalue weighted by atomic mass is 15.0. The van der Waals surface area contributed by atoms with Crippen molar-refractivity contribution in [3.63, 3.8) is 0 Å². The standard InChI is InChI=1S/C7H12N2/c8-9-7-4-5-1-2-6(7)3-5/h5-8H,1-4H2. The molecular weight excluding hydrogens is 112 g/mol. The molecule has 0 amide bonds. The number of rotatable bonds is 1. The van der Waals surface area contributed by atoms with Gasteiger partial charge in [-0.3, -0.25) is 0 Å². The van der Waals surface area contributed by atoms with Crippen LogP contribution in [0.1, 0.15) is 25.7 Å². The molecule has 2 aliphatic rings. The maximum absolute atomic E-state index is 6.88. The lowest BCUT2D eigenvalue weighted by molar-refractivity contribution is 0.403. The molecule has 0 heterocycles. The van der Waals surface area contributed by atoms with Crippen LogP contribution in [0, 0.1) is 17.4 Å². The van der Waals surface area contributed by atoms with Crippen molar-refractivity contribution in [3.8, 4) is 0 Å². The first kappa shape index (κ1) is 5.39. The van der Waals surface area contributed by atoms with E-state index in [2.05, 4.69) is 5.11 Å². The summed E-state index contributed by atoms with van der Waals surface area (Å²) in [6.45, 7) is 0. The Balaban J connectivity index is 2.09. The summed E-state index contributed by atoms with van der Waals surface area (Å²) in [5.41, 5.74) is 6.88. The molecule has 0 aromatic carbocycles. The van der Waals surface area contributed by atoms with E-state index in [0.29, 0.717) is 6.04 Å². The molecule has 0 radical (unpaired) electrons. The molecule has 0 saturated heterocycles. The molecule has 50 valence electrons. The first-order valence-electron chi connectivity index (χ1n) is 3.76. The molecule has 3 unspecified atom stereocenters. The van der Waals surface area contributed by atoms with Gasteiger partial charge in [-0.2, -0.15) is 5.11 Å². The smallest absolute Gasteiger partial charge is 0.0736 e. The van der Waals surface area contributed by atoms with Crippen LogP contribution in [-0.2, 0) is 0 Å². The Labute approximate surface area is 55.2 Å². The normalized spacial score (nSPS) is 47.8. The summed E-state index contributed by atoms with van der Waals surface area (Å²) < 4.78 is 0. The van der Waals surface area contributed by atoms with Crippen molar-refractivity contribution in [2.75, 3.05) is 0 Å². The van der Waals surface area contributed by atoms with Gasteiger partial charge < -0.3 is 0 Å². The van der Waals surface area contributed by atoms with Crippen LogP contribution in [0.4, 0.5) is 0 Å². The van der Waals surface area contributed by atoms with E-state index in [4.69, 9.17) is 5.53 Å². The minimum atomic E-state index is 0.420. The minimum absolute atomic E-state index is 0.420. The fraction of sp³-hybridized carbons (Fsp3) is 1.00. The SMILES string of the molecule is N=NC1CC2CCC1C2. The van der Waals surface area contributed by atoms with Gasteiger partial charge in [0, 0.05) is 0 Å². The fourth-order valence-corrected chi connectivity index (χ4v) is 2.37. The van der Waals surface area contributed by atoms with E-state index in [0.717, 1.165) is 11.8 Å². The summed E-state index contributed by atoms with van der Waals surface area (Å²) in [7, 11) is 0. The molecule has 0 spiro atoms. The Bertz CT molecular complexity index is 133. The van der Waals surface area contributed by atoms with Crippen molar-refractivity contribution in [1.29, 1.82) is 5.53 Å². The van der Waals surface area contributed by atoms with Crippen LogP contribution in [0.15, 0.2) is 5.11 Å². The van der Waals surface area contributed by atoms with Crippen molar-refractivity contribution in [3.05, 3.63) is 0 Å². The van der Waals surface area contributed by atoms with Crippen molar-refractivity contribution in [2.24, 2.45) is 17.0 Å². The maximum Gasteiger partial charge on any atom is 0.0736 e. The molecule has 2 aliphatic carbocycles. The highest BCUT2D eigenvalue weighted by molar-refractivity contribution is 4.92. The third-order valence-electron chi connectivity index (χ3n) is 2.87. The lowest BCUT2D eigenvalue weighted by atomic mass is 9.96. The van der Waals surface area contributed by atoms with Crippen LogP contribution >= 0.6 is 0 Å². The molecule has 2 heteroatoms. The topological polar surface area (TPSA) is 36.2 Å². The van der Waals surface area contributed by atoms with Crippen LogP contribution in [0.25, 0.3) is 0 Å². The van der Waals surface area contributed by atoms with Crippen LogP contribution in [-0.4, -0.2) is 6.04 Å². The van der Waals surface area contributed by atoms with Gasteiger partial charge in [0.05, 0.1) is 6.04 Å². The highest BCUT2D eigenvalue weighted by Crippen LogP contribution is 2.45. The molecule has 9 heavy (non-hydrogen) atoms. The van der Waals surface area contributed by atoms with Crippen molar-refractivity contribution < 1.29 is 0 Å². The van der Waals surface area contributed by atoms with Gasteiger partial charge in [-0.25, -0.2) is 5.53 Å². The minimum Gasteiger partial charge on any atom is -0.210 e. The summed E-state index contributed by atoms with van der Waals surface area (Å²) in [5.74, 6) is 1.74. The number of hydrogen-bond donors (Lipinski definition) is 1. The molecule has 0 aromatic rings.